The Morgan fingerprint density at radius 3 is 2.12 bits per heavy atom. The largest absolute Gasteiger partial charge is 0.327 e. The Labute approximate surface area is 94.3 Å². The standard InChI is InChI=1S/C7H8O3S.C3H6FN/c1-6-2-4-7(5-3-6)11(8,9)10;4-2-1-3-5/h2-5H,1H3,(H,8,9,10);1-2H,3,5H2. The van der Waals surface area contributed by atoms with E-state index in [9.17, 15) is 12.8 Å². The van der Waals surface area contributed by atoms with Gasteiger partial charge >= 0.3 is 0 Å². The lowest BCUT2D eigenvalue weighted by Gasteiger charge is -1.95. The molecule has 0 spiro atoms. The molecule has 6 heteroatoms. The van der Waals surface area contributed by atoms with Crippen LogP contribution in [0.15, 0.2) is 41.6 Å². The zero-order chi connectivity index (χ0) is 12.6. The van der Waals surface area contributed by atoms with E-state index in [0.717, 1.165) is 5.56 Å². The lowest BCUT2D eigenvalue weighted by Crippen LogP contribution is -1.96. The van der Waals surface area contributed by atoms with E-state index in [4.69, 9.17) is 10.3 Å². The van der Waals surface area contributed by atoms with Crippen LogP contribution < -0.4 is 5.73 Å². The Morgan fingerprint density at radius 2 is 1.88 bits per heavy atom. The molecule has 0 atom stereocenters. The fourth-order valence-electron chi connectivity index (χ4n) is 0.762. The molecule has 90 valence electrons. The predicted octanol–water partition coefficient (Wildman–Crippen LogP) is 1.67. The second kappa shape index (κ2) is 7.10. The first kappa shape index (κ1) is 14.8. The number of nitrogens with two attached hydrogens (primary N) is 1. The average Bonchev–Trinajstić information content (AvgIpc) is 2.19. The highest BCUT2D eigenvalue weighted by atomic mass is 32.2. The summed E-state index contributed by atoms with van der Waals surface area (Å²) in [4.78, 5) is -0.0666. The van der Waals surface area contributed by atoms with Crippen molar-refractivity contribution in [2.75, 3.05) is 6.54 Å². The molecule has 16 heavy (non-hydrogen) atoms. The van der Waals surface area contributed by atoms with Crippen LogP contribution in [0.1, 0.15) is 5.56 Å². The highest BCUT2D eigenvalue weighted by molar-refractivity contribution is 7.85. The summed E-state index contributed by atoms with van der Waals surface area (Å²) < 4.78 is 40.3. The Morgan fingerprint density at radius 1 is 1.38 bits per heavy atom. The maximum absolute atomic E-state index is 10.7. The third-order valence-electron chi connectivity index (χ3n) is 1.54. The fourth-order valence-corrected chi connectivity index (χ4v) is 1.24. The molecular formula is C10H14FNO3S. The van der Waals surface area contributed by atoms with Crippen LogP contribution in [0, 0.1) is 6.92 Å². The molecule has 3 N–H and O–H groups in total. The Kier molecular flexibility index (Phi) is 6.55. The molecule has 4 nitrogen and oxygen atoms in total. The van der Waals surface area contributed by atoms with Gasteiger partial charge in [-0.15, -0.1) is 0 Å². The molecule has 0 aliphatic carbocycles. The zero-order valence-corrected chi connectivity index (χ0v) is 9.61. The van der Waals surface area contributed by atoms with E-state index in [2.05, 4.69) is 0 Å². The maximum Gasteiger partial charge on any atom is 0.294 e. The smallest absolute Gasteiger partial charge is 0.294 e. The van der Waals surface area contributed by atoms with Crippen LogP contribution in [0.4, 0.5) is 4.39 Å². The van der Waals surface area contributed by atoms with E-state index >= 15 is 0 Å². The number of aryl methyl sites for hydroxylation is 1. The molecule has 0 amide bonds. The summed E-state index contributed by atoms with van der Waals surface area (Å²) in [7, 11) is -4.02. The number of benzene rings is 1. The maximum atomic E-state index is 10.7. The van der Waals surface area contributed by atoms with Gasteiger partial charge in [0.2, 0.25) is 0 Å². The van der Waals surface area contributed by atoms with Crippen LogP contribution in [-0.4, -0.2) is 19.5 Å². The molecule has 0 aliphatic heterocycles. The summed E-state index contributed by atoms with van der Waals surface area (Å²) in [5, 5.41) is 0. The van der Waals surface area contributed by atoms with Gasteiger partial charge in [-0.25, -0.2) is 4.39 Å². The number of rotatable bonds is 2. The van der Waals surface area contributed by atoms with Crippen LogP contribution >= 0.6 is 0 Å². The third kappa shape index (κ3) is 6.28. The summed E-state index contributed by atoms with van der Waals surface area (Å²) in [5.41, 5.74) is 5.77. The quantitative estimate of drug-likeness (QED) is 0.779. The topological polar surface area (TPSA) is 80.4 Å². The molecule has 0 radical (unpaired) electrons. The lowest BCUT2D eigenvalue weighted by atomic mass is 10.2. The summed E-state index contributed by atoms with van der Waals surface area (Å²) in [5.74, 6) is 0. The van der Waals surface area contributed by atoms with E-state index in [1.165, 1.54) is 18.2 Å². The summed E-state index contributed by atoms with van der Waals surface area (Å²) in [6, 6.07) is 5.99. The van der Waals surface area contributed by atoms with Gasteiger partial charge in [0.05, 0.1) is 11.2 Å². The fraction of sp³-hybridized carbons (Fsp3) is 0.200. The van der Waals surface area contributed by atoms with E-state index < -0.39 is 10.1 Å². The van der Waals surface area contributed by atoms with Crippen LogP contribution in [0.2, 0.25) is 0 Å². The van der Waals surface area contributed by atoms with Crippen molar-refractivity contribution >= 4 is 10.1 Å². The second-order valence-electron chi connectivity index (χ2n) is 2.89. The van der Waals surface area contributed by atoms with Crippen molar-refractivity contribution in [1.29, 1.82) is 0 Å². The summed E-state index contributed by atoms with van der Waals surface area (Å²) >= 11 is 0. The molecule has 0 aliphatic rings. The molecule has 0 unspecified atom stereocenters. The van der Waals surface area contributed by atoms with E-state index in [-0.39, 0.29) is 11.4 Å². The monoisotopic (exact) mass is 247 g/mol. The van der Waals surface area contributed by atoms with Gasteiger partial charge < -0.3 is 5.73 Å². The van der Waals surface area contributed by atoms with Gasteiger partial charge in [-0.05, 0) is 25.1 Å². The third-order valence-corrected chi connectivity index (χ3v) is 2.41. The van der Waals surface area contributed by atoms with Crippen LogP contribution in [-0.2, 0) is 10.1 Å². The van der Waals surface area contributed by atoms with Gasteiger partial charge in [-0.3, -0.25) is 4.55 Å². The van der Waals surface area contributed by atoms with Crippen molar-refractivity contribution in [3.63, 3.8) is 0 Å². The van der Waals surface area contributed by atoms with Crippen molar-refractivity contribution in [1.82, 2.24) is 0 Å². The number of hydrogen-bond acceptors (Lipinski definition) is 3. The highest BCUT2D eigenvalue weighted by Gasteiger charge is 2.06. The van der Waals surface area contributed by atoms with Crippen molar-refractivity contribution in [2.24, 2.45) is 5.73 Å². The molecule has 1 aromatic carbocycles. The highest BCUT2D eigenvalue weighted by Crippen LogP contribution is 2.08. The van der Waals surface area contributed by atoms with E-state index in [1.807, 2.05) is 6.92 Å². The minimum Gasteiger partial charge on any atom is -0.327 e. The second-order valence-corrected chi connectivity index (χ2v) is 4.31. The van der Waals surface area contributed by atoms with Gasteiger partial charge in [0.25, 0.3) is 10.1 Å². The van der Waals surface area contributed by atoms with Gasteiger partial charge in [0, 0.05) is 6.54 Å². The minimum atomic E-state index is -4.02. The number of halogens is 1. The van der Waals surface area contributed by atoms with Crippen molar-refractivity contribution in [3.8, 4) is 0 Å². The van der Waals surface area contributed by atoms with Crippen molar-refractivity contribution in [2.45, 2.75) is 11.8 Å². The average molecular weight is 247 g/mol. The van der Waals surface area contributed by atoms with Crippen LogP contribution in [0.25, 0.3) is 0 Å². The molecule has 0 aromatic heterocycles. The molecule has 0 fully saturated rings. The molecule has 1 aromatic rings. The molecule has 1 rings (SSSR count). The Bertz CT molecular complexity index is 426. The van der Waals surface area contributed by atoms with E-state index in [1.54, 1.807) is 12.1 Å². The van der Waals surface area contributed by atoms with E-state index in [0.29, 0.717) is 6.33 Å². The van der Waals surface area contributed by atoms with Gasteiger partial charge in [0.15, 0.2) is 0 Å². The van der Waals surface area contributed by atoms with Gasteiger partial charge in [-0.1, -0.05) is 17.7 Å². The summed E-state index contributed by atoms with van der Waals surface area (Å²) in [6.07, 6.45) is 1.67. The van der Waals surface area contributed by atoms with Gasteiger partial charge in [-0.2, -0.15) is 8.42 Å². The molecule has 0 heterocycles. The Balaban J connectivity index is 0.000000385. The zero-order valence-electron chi connectivity index (χ0n) is 8.80. The normalized spacial score (nSPS) is 11.0. The first-order valence-electron chi connectivity index (χ1n) is 4.41. The molecule has 0 bridgehead atoms. The number of hydrogen-bond donors (Lipinski definition) is 2. The lowest BCUT2D eigenvalue weighted by molar-refractivity contribution is 0.483. The first-order valence-corrected chi connectivity index (χ1v) is 5.85. The SMILES string of the molecule is Cc1ccc(S(=O)(=O)O)cc1.NCC=CF. The molecule has 0 saturated heterocycles. The summed E-state index contributed by atoms with van der Waals surface area (Å²) in [6.45, 7) is 2.13. The van der Waals surface area contributed by atoms with Crippen molar-refractivity contribution < 1.29 is 17.4 Å². The van der Waals surface area contributed by atoms with Gasteiger partial charge in [0.1, 0.15) is 0 Å². The van der Waals surface area contributed by atoms with Crippen LogP contribution in [0.5, 0.6) is 0 Å². The first-order chi connectivity index (χ1) is 7.41. The molecule has 0 saturated carbocycles. The van der Waals surface area contributed by atoms with Crippen molar-refractivity contribution in [3.05, 3.63) is 42.2 Å². The van der Waals surface area contributed by atoms with Crippen LogP contribution in [0.3, 0.4) is 0 Å². The Hall–Kier alpha value is -1.24. The predicted molar refractivity (Wildman–Crippen MR) is 60.3 cm³/mol. The molecular weight excluding hydrogens is 233 g/mol. The minimum absolute atomic E-state index is 0.0666.